The molecule has 0 aromatic carbocycles. The molecule has 2 saturated heterocycles. The molecule has 3 fully saturated rings. The van der Waals surface area contributed by atoms with Crippen LogP contribution in [0.2, 0.25) is 0 Å². The van der Waals surface area contributed by atoms with Crippen molar-refractivity contribution in [3.05, 3.63) is 0 Å². The van der Waals surface area contributed by atoms with Crippen molar-refractivity contribution in [1.82, 2.24) is 10.2 Å². The van der Waals surface area contributed by atoms with E-state index in [9.17, 15) is 0 Å². The normalized spacial score (nSPS) is 38.1. The molecule has 1 aliphatic carbocycles. The second-order valence-corrected chi connectivity index (χ2v) is 7.24. The molecule has 0 aromatic heterocycles. The minimum atomic E-state index is 0.789. The minimum Gasteiger partial charge on any atom is -0.310 e. The van der Waals surface area contributed by atoms with Gasteiger partial charge in [-0.25, -0.2) is 0 Å². The second kappa shape index (κ2) is 6.58. The van der Waals surface area contributed by atoms with E-state index in [4.69, 9.17) is 0 Å². The number of hydrogen-bond donors (Lipinski definition) is 1. The lowest BCUT2D eigenvalue weighted by molar-refractivity contribution is 0.121. The summed E-state index contributed by atoms with van der Waals surface area (Å²) in [6, 6.07) is 1.65. The lowest BCUT2D eigenvalue weighted by atomic mass is 9.77. The van der Waals surface area contributed by atoms with E-state index in [0.717, 1.165) is 23.9 Å². The number of fused-ring (bicyclic) bond motifs is 1. The molecule has 2 heterocycles. The minimum absolute atomic E-state index is 0.789. The number of nitrogens with zero attached hydrogens (tertiary/aromatic N) is 1. The zero-order valence-electron chi connectivity index (χ0n) is 12.7. The van der Waals surface area contributed by atoms with E-state index in [-0.39, 0.29) is 0 Å². The summed E-state index contributed by atoms with van der Waals surface area (Å²) in [6.45, 7) is 6.38. The van der Waals surface area contributed by atoms with Crippen LogP contribution in [0.1, 0.15) is 64.7 Å². The van der Waals surface area contributed by atoms with E-state index >= 15 is 0 Å². The van der Waals surface area contributed by atoms with Crippen molar-refractivity contribution in [2.45, 2.75) is 76.8 Å². The molecule has 0 radical (unpaired) electrons. The van der Waals surface area contributed by atoms with Gasteiger partial charge in [-0.05, 0) is 63.5 Å². The van der Waals surface area contributed by atoms with Gasteiger partial charge in [0.2, 0.25) is 0 Å². The monoisotopic (exact) mass is 264 g/mol. The number of piperidine rings is 2. The fourth-order valence-electron chi connectivity index (χ4n) is 4.61. The number of rotatable bonds is 3. The van der Waals surface area contributed by atoms with Crippen molar-refractivity contribution in [2.75, 3.05) is 19.6 Å². The van der Waals surface area contributed by atoms with Crippen molar-refractivity contribution in [3.63, 3.8) is 0 Å². The van der Waals surface area contributed by atoms with Gasteiger partial charge in [-0.3, -0.25) is 0 Å². The third-order valence-electron chi connectivity index (χ3n) is 6.01. The van der Waals surface area contributed by atoms with Crippen molar-refractivity contribution in [3.8, 4) is 0 Å². The third kappa shape index (κ3) is 3.52. The van der Waals surface area contributed by atoms with Crippen LogP contribution in [0.4, 0.5) is 0 Å². The molecule has 2 nitrogen and oxygen atoms in total. The Hall–Kier alpha value is -0.0800. The molecule has 0 spiro atoms. The highest BCUT2D eigenvalue weighted by molar-refractivity contribution is 4.90. The van der Waals surface area contributed by atoms with Crippen LogP contribution in [-0.4, -0.2) is 36.6 Å². The van der Waals surface area contributed by atoms with Crippen molar-refractivity contribution < 1.29 is 0 Å². The predicted molar refractivity (Wildman–Crippen MR) is 81.4 cm³/mol. The molecular formula is C17H32N2. The molecule has 0 bridgehead atoms. The van der Waals surface area contributed by atoms with Crippen molar-refractivity contribution in [2.24, 2.45) is 11.8 Å². The first kappa shape index (κ1) is 13.9. The van der Waals surface area contributed by atoms with Gasteiger partial charge in [-0.15, -0.1) is 0 Å². The Bertz CT molecular complexity index is 270. The zero-order valence-corrected chi connectivity index (χ0v) is 12.7. The average molecular weight is 264 g/mol. The van der Waals surface area contributed by atoms with Crippen molar-refractivity contribution >= 4 is 0 Å². The Morgan fingerprint density at radius 1 is 0.947 bits per heavy atom. The molecule has 3 rings (SSSR count). The van der Waals surface area contributed by atoms with Gasteiger partial charge >= 0.3 is 0 Å². The summed E-state index contributed by atoms with van der Waals surface area (Å²) in [5.41, 5.74) is 0. The van der Waals surface area contributed by atoms with Crippen LogP contribution in [0.25, 0.3) is 0 Å². The Morgan fingerprint density at radius 3 is 2.53 bits per heavy atom. The maximum absolute atomic E-state index is 3.99. The predicted octanol–water partition coefficient (Wildman–Crippen LogP) is 3.42. The quantitative estimate of drug-likeness (QED) is 0.840. The van der Waals surface area contributed by atoms with Crippen LogP contribution in [-0.2, 0) is 0 Å². The van der Waals surface area contributed by atoms with Crippen LogP contribution in [0.5, 0.6) is 0 Å². The molecule has 0 aromatic rings. The Morgan fingerprint density at radius 2 is 1.74 bits per heavy atom. The van der Waals surface area contributed by atoms with E-state index in [1.54, 1.807) is 0 Å². The molecule has 1 saturated carbocycles. The summed E-state index contributed by atoms with van der Waals surface area (Å²) in [7, 11) is 0. The van der Waals surface area contributed by atoms with Crippen molar-refractivity contribution in [1.29, 1.82) is 0 Å². The van der Waals surface area contributed by atoms with Gasteiger partial charge in [0.1, 0.15) is 0 Å². The van der Waals surface area contributed by atoms with E-state index in [1.165, 1.54) is 77.4 Å². The smallest absolute Gasteiger partial charge is 0.0197 e. The molecule has 19 heavy (non-hydrogen) atoms. The number of likely N-dealkylation sites (tertiary alicyclic amines) is 1. The SMILES string of the molecule is CCC1CCN(CC2CCC3CCCCC3N2)CC1. The molecule has 3 unspecified atom stereocenters. The van der Waals surface area contributed by atoms with Crippen LogP contribution in [0.15, 0.2) is 0 Å². The molecule has 2 aliphatic heterocycles. The first-order valence-electron chi connectivity index (χ1n) is 8.83. The van der Waals surface area contributed by atoms with Gasteiger partial charge in [0.25, 0.3) is 0 Å². The summed E-state index contributed by atoms with van der Waals surface area (Å²) >= 11 is 0. The van der Waals surface area contributed by atoms with E-state index in [1.807, 2.05) is 0 Å². The van der Waals surface area contributed by atoms with Gasteiger partial charge in [0.05, 0.1) is 0 Å². The van der Waals surface area contributed by atoms with Crippen LogP contribution in [0, 0.1) is 11.8 Å². The first-order chi connectivity index (χ1) is 9.35. The fourth-order valence-corrected chi connectivity index (χ4v) is 4.61. The van der Waals surface area contributed by atoms with Gasteiger partial charge in [-0.1, -0.05) is 26.2 Å². The molecule has 1 N–H and O–H groups in total. The van der Waals surface area contributed by atoms with Crippen LogP contribution < -0.4 is 5.32 Å². The van der Waals surface area contributed by atoms with E-state index in [0.29, 0.717) is 0 Å². The van der Waals surface area contributed by atoms with Gasteiger partial charge < -0.3 is 10.2 Å². The Kier molecular flexibility index (Phi) is 4.81. The number of hydrogen-bond acceptors (Lipinski definition) is 2. The van der Waals surface area contributed by atoms with Gasteiger partial charge in [0, 0.05) is 18.6 Å². The van der Waals surface area contributed by atoms with Crippen LogP contribution >= 0.6 is 0 Å². The van der Waals surface area contributed by atoms with Gasteiger partial charge in [-0.2, -0.15) is 0 Å². The molecule has 110 valence electrons. The first-order valence-corrected chi connectivity index (χ1v) is 8.83. The topological polar surface area (TPSA) is 15.3 Å². The number of nitrogens with one attached hydrogen (secondary N) is 1. The van der Waals surface area contributed by atoms with Crippen LogP contribution in [0.3, 0.4) is 0 Å². The lowest BCUT2D eigenvalue weighted by Crippen LogP contribution is -2.53. The third-order valence-corrected chi connectivity index (χ3v) is 6.01. The summed E-state index contributed by atoms with van der Waals surface area (Å²) in [5.74, 6) is 2.02. The largest absolute Gasteiger partial charge is 0.310 e. The fraction of sp³-hybridized carbons (Fsp3) is 1.00. The highest BCUT2D eigenvalue weighted by Crippen LogP contribution is 2.32. The highest BCUT2D eigenvalue weighted by Gasteiger charge is 2.32. The zero-order chi connectivity index (χ0) is 13.1. The summed E-state index contributed by atoms with van der Waals surface area (Å²) in [4.78, 5) is 2.73. The molecule has 3 atom stereocenters. The molecule has 3 aliphatic rings. The summed E-state index contributed by atoms with van der Waals surface area (Å²) in [6.07, 6.45) is 13.1. The highest BCUT2D eigenvalue weighted by atomic mass is 15.2. The summed E-state index contributed by atoms with van der Waals surface area (Å²) in [5, 5.41) is 3.99. The lowest BCUT2D eigenvalue weighted by Gasteiger charge is -2.43. The molecule has 2 heteroatoms. The average Bonchev–Trinajstić information content (AvgIpc) is 2.48. The second-order valence-electron chi connectivity index (χ2n) is 7.24. The molecular weight excluding hydrogens is 232 g/mol. The Labute approximate surface area is 119 Å². The van der Waals surface area contributed by atoms with E-state index < -0.39 is 0 Å². The molecule has 0 amide bonds. The maximum Gasteiger partial charge on any atom is 0.0197 e. The standard InChI is InChI=1S/C17H32N2/c1-2-14-9-11-19(12-10-14)13-16-8-7-15-5-3-4-6-17(15)18-16/h14-18H,2-13H2,1H3. The van der Waals surface area contributed by atoms with E-state index in [2.05, 4.69) is 17.1 Å². The van der Waals surface area contributed by atoms with Gasteiger partial charge in [0.15, 0.2) is 0 Å². The summed E-state index contributed by atoms with van der Waals surface area (Å²) < 4.78 is 0. The Balaban J connectivity index is 1.43. The maximum atomic E-state index is 3.99.